The Labute approximate surface area is 132 Å². The van der Waals surface area contributed by atoms with E-state index < -0.39 is 0 Å². The maximum absolute atomic E-state index is 12.8. The third kappa shape index (κ3) is 3.32. The fraction of sp³-hybridized carbons (Fsp3) is 0.389. The van der Waals surface area contributed by atoms with Crippen LogP contribution in [0.25, 0.3) is 0 Å². The number of hydrogen-bond donors (Lipinski definition) is 0. The summed E-state index contributed by atoms with van der Waals surface area (Å²) in [7, 11) is 1.82. The standard InChI is InChI=1S/C18H23N3O/c1-12(2)17-16(11-19-14(4)20-17)18(22)21(5)13(3)15-9-7-6-8-10-15/h6-13H,1-5H3/t13-/m1/s1. The van der Waals surface area contributed by atoms with Gasteiger partial charge in [-0.1, -0.05) is 44.2 Å². The number of benzene rings is 1. The molecule has 4 nitrogen and oxygen atoms in total. The Morgan fingerprint density at radius 1 is 1.14 bits per heavy atom. The normalized spacial score (nSPS) is 12.3. The number of carbonyl (C=O) groups excluding carboxylic acids is 1. The summed E-state index contributed by atoms with van der Waals surface area (Å²) in [6.45, 7) is 7.95. The molecule has 0 N–H and O–H groups in total. The van der Waals surface area contributed by atoms with E-state index in [0.29, 0.717) is 11.4 Å². The Bertz CT molecular complexity index is 653. The molecule has 0 spiro atoms. The Morgan fingerprint density at radius 3 is 2.36 bits per heavy atom. The van der Waals surface area contributed by atoms with E-state index in [4.69, 9.17) is 0 Å². The second-order valence-electron chi connectivity index (χ2n) is 5.87. The van der Waals surface area contributed by atoms with Gasteiger partial charge in [-0.15, -0.1) is 0 Å². The predicted octanol–water partition coefficient (Wildman–Crippen LogP) is 3.74. The van der Waals surface area contributed by atoms with E-state index in [2.05, 4.69) is 9.97 Å². The van der Waals surface area contributed by atoms with Gasteiger partial charge >= 0.3 is 0 Å². The van der Waals surface area contributed by atoms with Crippen LogP contribution in [0, 0.1) is 6.92 Å². The summed E-state index contributed by atoms with van der Waals surface area (Å²) in [6.07, 6.45) is 1.65. The molecule has 0 saturated carbocycles. The number of nitrogens with zero attached hydrogens (tertiary/aromatic N) is 3. The monoisotopic (exact) mass is 297 g/mol. The van der Waals surface area contributed by atoms with Crippen LogP contribution in [0.5, 0.6) is 0 Å². The molecule has 116 valence electrons. The van der Waals surface area contributed by atoms with Crippen molar-refractivity contribution in [3.8, 4) is 0 Å². The minimum atomic E-state index is -0.0416. The van der Waals surface area contributed by atoms with E-state index in [9.17, 15) is 4.79 Å². The topological polar surface area (TPSA) is 46.1 Å². The third-order valence-corrected chi connectivity index (χ3v) is 3.90. The Morgan fingerprint density at radius 2 is 1.77 bits per heavy atom. The van der Waals surface area contributed by atoms with Crippen LogP contribution < -0.4 is 0 Å². The largest absolute Gasteiger partial charge is 0.335 e. The fourth-order valence-electron chi connectivity index (χ4n) is 2.41. The van der Waals surface area contributed by atoms with Gasteiger partial charge in [0.05, 0.1) is 17.3 Å². The van der Waals surface area contributed by atoms with Crippen molar-refractivity contribution in [3.63, 3.8) is 0 Å². The van der Waals surface area contributed by atoms with Crippen LogP contribution in [-0.2, 0) is 0 Å². The molecule has 0 unspecified atom stereocenters. The zero-order valence-electron chi connectivity index (χ0n) is 13.9. The molecule has 1 amide bonds. The number of rotatable bonds is 4. The molecule has 1 heterocycles. The first kappa shape index (κ1) is 16.1. The van der Waals surface area contributed by atoms with Crippen molar-refractivity contribution in [2.45, 2.75) is 39.7 Å². The van der Waals surface area contributed by atoms with E-state index in [0.717, 1.165) is 11.3 Å². The Hall–Kier alpha value is -2.23. The molecule has 1 aromatic carbocycles. The van der Waals surface area contributed by atoms with Crippen molar-refractivity contribution in [2.24, 2.45) is 0 Å². The van der Waals surface area contributed by atoms with Gasteiger partial charge in [-0.25, -0.2) is 9.97 Å². The molecule has 0 saturated heterocycles. The summed E-state index contributed by atoms with van der Waals surface area (Å²) in [4.78, 5) is 23.2. The number of amides is 1. The van der Waals surface area contributed by atoms with Crippen molar-refractivity contribution in [2.75, 3.05) is 7.05 Å². The average molecular weight is 297 g/mol. The zero-order chi connectivity index (χ0) is 16.3. The second kappa shape index (κ2) is 6.69. The summed E-state index contributed by atoms with van der Waals surface area (Å²) in [5, 5.41) is 0. The minimum absolute atomic E-state index is 0.00462. The van der Waals surface area contributed by atoms with Crippen molar-refractivity contribution in [1.29, 1.82) is 0 Å². The summed E-state index contributed by atoms with van der Waals surface area (Å²) in [6, 6.07) is 10.0. The van der Waals surface area contributed by atoms with Crippen LogP contribution in [-0.4, -0.2) is 27.8 Å². The number of hydrogen-bond acceptors (Lipinski definition) is 3. The summed E-state index contributed by atoms with van der Waals surface area (Å²) >= 11 is 0. The van der Waals surface area contributed by atoms with Gasteiger partial charge in [-0.3, -0.25) is 4.79 Å². The van der Waals surface area contributed by atoms with Crippen LogP contribution in [0.4, 0.5) is 0 Å². The molecule has 1 aromatic heterocycles. The molecule has 0 radical (unpaired) electrons. The van der Waals surface area contributed by atoms with E-state index in [1.165, 1.54) is 0 Å². The predicted molar refractivity (Wildman–Crippen MR) is 87.8 cm³/mol. The highest BCUT2D eigenvalue weighted by atomic mass is 16.2. The lowest BCUT2D eigenvalue weighted by Gasteiger charge is -2.26. The van der Waals surface area contributed by atoms with Gasteiger partial charge in [0, 0.05) is 13.2 Å². The first-order valence-corrected chi connectivity index (χ1v) is 7.57. The minimum Gasteiger partial charge on any atom is -0.335 e. The van der Waals surface area contributed by atoms with Crippen LogP contribution >= 0.6 is 0 Å². The third-order valence-electron chi connectivity index (χ3n) is 3.90. The number of aromatic nitrogens is 2. The summed E-state index contributed by atoms with van der Waals surface area (Å²) in [5.74, 6) is 0.833. The lowest BCUT2D eigenvalue weighted by atomic mass is 10.0. The van der Waals surface area contributed by atoms with Gasteiger partial charge in [0.1, 0.15) is 5.82 Å². The number of carbonyl (C=O) groups is 1. The van der Waals surface area contributed by atoms with Crippen LogP contribution in [0.3, 0.4) is 0 Å². The summed E-state index contributed by atoms with van der Waals surface area (Å²) < 4.78 is 0. The molecule has 0 bridgehead atoms. The smallest absolute Gasteiger partial charge is 0.257 e. The average Bonchev–Trinajstić information content (AvgIpc) is 2.53. The molecule has 0 aliphatic heterocycles. The van der Waals surface area contributed by atoms with Crippen molar-refractivity contribution in [1.82, 2.24) is 14.9 Å². The molecule has 0 fully saturated rings. The highest BCUT2D eigenvalue weighted by molar-refractivity contribution is 5.95. The van der Waals surface area contributed by atoms with E-state index >= 15 is 0 Å². The maximum Gasteiger partial charge on any atom is 0.257 e. The highest BCUT2D eigenvalue weighted by Gasteiger charge is 2.23. The molecular weight excluding hydrogens is 274 g/mol. The Balaban J connectivity index is 2.32. The van der Waals surface area contributed by atoms with Crippen molar-refractivity contribution in [3.05, 3.63) is 59.2 Å². The quantitative estimate of drug-likeness (QED) is 0.863. The van der Waals surface area contributed by atoms with Crippen molar-refractivity contribution >= 4 is 5.91 Å². The molecular formula is C18H23N3O. The lowest BCUT2D eigenvalue weighted by molar-refractivity contribution is 0.0740. The maximum atomic E-state index is 12.8. The van der Waals surface area contributed by atoms with Gasteiger partial charge in [0.15, 0.2) is 0 Å². The molecule has 2 aromatic rings. The lowest BCUT2D eigenvalue weighted by Crippen LogP contribution is -2.31. The van der Waals surface area contributed by atoms with Crippen LogP contribution in [0.15, 0.2) is 36.5 Å². The van der Waals surface area contributed by atoms with Crippen LogP contribution in [0.2, 0.25) is 0 Å². The number of aryl methyl sites for hydroxylation is 1. The molecule has 0 aliphatic carbocycles. The van der Waals surface area contributed by atoms with E-state index in [1.54, 1.807) is 11.1 Å². The molecule has 0 aliphatic rings. The van der Waals surface area contributed by atoms with Gasteiger partial charge in [0.2, 0.25) is 0 Å². The zero-order valence-corrected chi connectivity index (χ0v) is 13.9. The van der Waals surface area contributed by atoms with Gasteiger partial charge in [-0.2, -0.15) is 0 Å². The van der Waals surface area contributed by atoms with Gasteiger partial charge in [-0.05, 0) is 25.3 Å². The first-order chi connectivity index (χ1) is 10.4. The molecule has 2 rings (SSSR count). The van der Waals surface area contributed by atoms with Gasteiger partial charge < -0.3 is 4.90 Å². The fourth-order valence-corrected chi connectivity index (χ4v) is 2.41. The summed E-state index contributed by atoms with van der Waals surface area (Å²) in [5.41, 5.74) is 2.51. The highest BCUT2D eigenvalue weighted by Crippen LogP contribution is 2.23. The van der Waals surface area contributed by atoms with Crippen molar-refractivity contribution < 1.29 is 4.79 Å². The Kier molecular flexibility index (Phi) is 4.91. The molecule has 22 heavy (non-hydrogen) atoms. The molecule has 1 atom stereocenters. The second-order valence-corrected chi connectivity index (χ2v) is 5.87. The van der Waals surface area contributed by atoms with E-state index in [-0.39, 0.29) is 17.9 Å². The van der Waals surface area contributed by atoms with Crippen LogP contribution in [0.1, 0.15) is 60.2 Å². The molecule has 4 heteroatoms. The SMILES string of the molecule is Cc1ncc(C(=O)N(C)[C@H](C)c2ccccc2)c(C(C)C)n1. The van der Waals surface area contributed by atoms with Gasteiger partial charge in [0.25, 0.3) is 5.91 Å². The first-order valence-electron chi connectivity index (χ1n) is 7.57. The van der Waals surface area contributed by atoms with E-state index in [1.807, 2.05) is 65.1 Å².